The average molecular weight is 337 g/mol. The molecule has 3 aromatic rings. The number of halogens is 4. The lowest BCUT2D eigenvalue weighted by molar-refractivity contribution is 0.116. The summed E-state index contributed by atoms with van der Waals surface area (Å²) in [5.74, 6) is -1.98. The van der Waals surface area contributed by atoms with Crippen molar-refractivity contribution in [2.75, 3.05) is 5.32 Å². The number of nitrogens with one attached hydrogen (secondary N) is 1. The molecule has 0 aliphatic rings. The third kappa shape index (κ3) is 3.53. The molecule has 4 nitrogen and oxygen atoms in total. The SMILES string of the molecule is Fc1cccc(NCc2ccc(-c3nnc(C(F)F)o3)cc2F)c1. The van der Waals surface area contributed by atoms with Gasteiger partial charge >= 0.3 is 6.43 Å². The van der Waals surface area contributed by atoms with E-state index in [1.165, 1.54) is 30.3 Å². The summed E-state index contributed by atoms with van der Waals surface area (Å²) in [5, 5.41) is 9.54. The number of benzene rings is 2. The monoisotopic (exact) mass is 337 g/mol. The van der Waals surface area contributed by atoms with E-state index in [1.807, 2.05) is 0 Å². The molecule has 3 rings (SSSR count). The van der Waals surface area contributed by atoms with Gasteiger partial charge in [-0.2, -0.15) is 8.78 Å². The molecule has 24 heavy (non-hydrogen) atoms. The maximum absolute atomic E-state index is 14.1. The van der Waals surface area contributed by atoms with Gasteiger partial charge in [0.25, 0.3) is 5.89 Å². The van der Waals surface area contributed by atoms with Crippen LogP contribution in [0.25, 0.3) is 11.5 Å². The van der Waals surface area contributed by atoms with Gasteiger partial charge in [0.1, 0.15) is 11.6 Å². The summed E-state index contributed by atoms with van der Waals surface area (Å²) in [4.78, 5) is 0. The van der Waals surface area contributed by atoms with Crippen molar-refractivity contribution in [3.8, 4) is 11.5 Å². The largest absolute Gasteiger partial charge is 0.415 e. The topological polar surface area (TPSA) is 51.0 Å². The van der Waals surface area contributed by atoms with Gasteiger partial charge in [-0.25, -0.2) is 8.78 Å². The van der Waals surface area contributed by atoms with Crippen LogP contribution in [0, 0.1) is 11.6 Å². The predicted molar refractivity (Wildman–Crippen MR) is 78.4 cm³/mol. The highest BCUT2D eigenvalue weighted by Crippen LogP contribution is 2.25. The highest BCUT2D eigenvalue weighted by Gasteiger charge is 2.17. The lowest BCUT2D eigenvalue weighted by Crippen LogP contribution is -2.02. The van der Waals surface area contributed by atoms with Crippen LogP contribution in [0.2, 0.25) is 0 Å². The minimum atomic E-state index is -2.88. The predicted octanol–water partition coefficient (Wildman–Crippen LogP) is 4.56. The van der Waals surface area contributed by atoms with Crippen LogP contribution in [0.3, 0.4) is 0 Å². The molecule has 0 radical (unpaired) electrons. The standard InChI is InChI=1S/C16H11F4N3O/c17-11-2-1-3-12(7-11)21-8-10-5-4-9(6-13(10)18)15-22-23-16(24-15)14(19)20/h1-7,14,21H,8H2. The van der Waals surface area contributed by atoms with Crippen molar-refractivity contribution in [1.82, 2.24) is 10.2 Å². The van der Waals surface area contributed by atoms with E-state index in [4.69, 9.17) is 4.42 Å². The lowest BCUT2D eigenvalue weighted by Gasteiger charge is -2.08. The summed E-state index contributed by atoms with van der Waals surface area (Å²) < 4.78 is 56.8. The smallest absolute Gasteiger partial charge is 0.314 e. The number of anilines is 1. The Bertz CT molecular complexity index is 851. The fourth-order valence-electron chi connectivity index (χ4n) is 2.06. The Morgan fingerprint density at radius 1 is 1.04 bits per heavy atom. The minimum Gasteiger partial charge on any atom is -0.415 e. The number of alkyl halides is 2. The first-order valence-electron chi connectivity index (χ1n) is 6.93. The quantitative estimate of drug-likeness (QED) is 0.693. The molecule has 2 aromatic carbocycles. The van der Waals surface area contributed by atoms with Crippen molar-refractivity contribution in [2.24, 2.45) is 0 Å². The van der Waals surface area contributed by atoms with E-state index in [2.05, 4.69) is 15.5 Å². The molecule has 0 saturated carbocycles. The van der Waals surface area contributed by atoms with Crippen LogP contribution in [0.15, 0.2) is 46.9 Å². The Kier molecular flexibility index (Phi) is 4.45. The summed E-state index contributed by atoms with van der Waals surface area (Å²) in [7, 11) is 0. The van der Waals surface area contributed by atoms with Crippen LogP contribution >= 0.6 is 0 Å². The summed E-state index contributed by atoms with van der Waals surface area (Å²) in [6.07, 6.45) is -2.88. The molecular formula is C16H11F4N3O. The second-order valence-electron chi connectivity index (χ2n) is 4.92. The van der Waals surface area contributed by atoms with Crippen molar-refractivity contribution in [1.29, 1.82) is 0 Å². The number of hydrogen-bond acceptors (Lipinski definition) is 4. The van der Waals surface area contributed by atoms with Crippen LogP contribution in [0.5, 0.6) is 0 Å². The Morgan fingerprint density at radius 2 is 1.88 bits per heavy atom. The van der Waals surface area contributed by atoms with Crippen LogP contribution in [0.1, 0.15) is 17.9 Å². The van der Waals surface area contributed by atoms with Gasteiger partial charge in [-0.3, -0.25) is 0 Å². The van der Waals surface area contributed by atoms with Crippen molar-refractivity contribution in [3.05, 3.63) is 65.6 Å². The molecule has 1 aromatic heterocycles. The number of aromatic nitrogens is 2. The summed E-state index contributed by atoms with van der Waals surface area (Å²) in [5.41, 5.74) is 1.02. The van der Waals surface area contributed by atoms with E-state index in [-0.39, 0.29) is 18.0 Å². The van der Waals surface area contributed by atoms with Gasteiger partial charge in [-0.15, -0.1) is 10.2 Å². The Hall–Kier alpha value is -2.90. The molecule has 0 saturated heterocycles. The van der Waals surface area contributed by atoms with Crippen LogP contribution in [-0.2, 0) is 6.54 Å². The first kappa shape index (κ1) is 16.0. The highest BCUT2D eigenvalue weighted by molar-refractivity contribution is 5.54. The van der Waals surface area contributed by atoms with Crippen molar-refractivity contribution < 1.29 is 22.0 Å². The molecule has 0 amide bonds. The van der Waals surface area contributed by atoms with E-state index in [0.29, 0.717) is 11.3 Å². The molecule has 0 fully saturated rings. The molecule has 0 atom stereocenters. The van der Waals surface area contributed by atoms with E-state index in [9.17, 15) is 17.6 Å². The number of hydrogen-bond donors (Lipinski definition) is 1. The Labute approximate surface area is 134 Å². The van der Waals surface area contributed by atoms with Gasteiger partial charge < -0.3 is 9.73 Å². The zero-order valence-electron chi connectivity index (χ0n) is 12.1. The maximum atomic E-state index is 14.1. The van der Waals surface area contributed by atoms with Crippen molar-refractivity contribution in [3.63, 3.8) is 0 Å². The van der Waals surface area contributed by atoms with Crippen LogP contribution in [-0.4, -0.2) is 10.2 Å². The molecule has 0 spiro atoms. The third-order valence-corrected chi connectivity index (χ3v) is 3.23. The highest BCUT2D eigenvalue weighted by atomic mass is 19.3. The molecule has 0 aliphatic heterocycles. The average Bonchev–Trinajstić information content (AvgIpc) is 3.04. The fraction of sp³-hybridized carbons (Fsp3) is 0.125. The normalized spacial score (nSPS) is 11.0. The molecule has 0 aliphatic carbocycles. The summed E-state index contributed by atoms with van der Waals surface area (Å²) in [6, 6.07) is 9.84. The van der Waals surface area contributed by atoms with Crippen LogP contribution in [0.4, 0.5) is 23.2 Å². The lowest BCUT2D eigenvalue weighted by atomic mass is 10.1. The fourth-order valence-corrected chi connectivity index (χ4v) is 2.06. The zero-order chi connectivity index (χ0) is 17.1. The van der Waals surface area contributed by atoms with Crippen molar-refractivity contribution in [2.45, 2.75) is 13.0 Å². The van der Waals surface area contributed by atoms with Gasteiger partial charge in [0.15, 0.2) is 0 Å². The van der Waals surface area contributed by atoms with Gasteiger partial charge in [-0.1, -0.05) is 12.1 Å². The summed E-state index contributed by atoms with van der Waals surface area (Å²) in [6.45, 7) is 0.127. The minimum absolute atomic E-state index is 0.127. The molecule has 0 unspecified atom stereocenters. The number of rotatable bonds is 5. The second-order valence-corrected chi connectivity index (χ2v) is 4.92. The van der Waals surface area contributed by atoms with E-state index in [1.54, 1.807) is 6.07 Å². The third-order valence-electron chi connectivity index (χ3n) is 3.23. The Balaban J connectivity index is 1.74. The Morgan fingerprint density at radius 3 is 2.54 bits per heavy atom. The van der Waals surface area contributed by atoms with Gasteiger partial charge in [0, 0.05) is 23.4 Å². The van der Waals surface area contributed by atoms with Crippen LogP contribution < -0.4 is 5.32 Å². The van der Waals surface area contributed by atoms with Crippen molar-refractivity contribution >= 4 is 5.69 Å². The number of nitrogens with zero attached hydrogens (tertiary/aromatic N) is 2. The molecule has 0 bridgehead atoms. The second kappa shape index (κ2) is 6.69. The maximum Gasteiger partial charge on any atom is 0.314 e. The van der Waals surface area contributed by atoms with E-state index < -0.39 is 24.0 Å². The zero-order valence-corrected chi connectivity index (χ0v) is 12.1. The van der Waals surface area contributed by atoms with Gasteiger partial charge in [0.05, 0.1) is 0 Å². The molecular weight excluding hydrogens is 326 g/mol. The van der Waals surface area contributed by atoms with Gasteiger partial charge in [-0.05, 0) is 30.3 Å². The molecule has 124 valence electrons. The molecule has 8 heteroatoms. The first-order chi connectivity index (χ1) is 11.5. The molecule has 1 heterocycles. The summed E-state index contributed by atoms with van der Waals surface area (Å²) >= 11 is 0. The van der Waals surface area contributed by atoms with E-state index in [0.717, 1.165) is 6.07 Å². The molecule has 1 N–H and O–H groups in total. The van der Waals surface area contributed by atoms with Gasteiger partial charge in [0.2, 0.25) is 5.89 Å². The van der Waals surface area contributed by atoms with E-state index >= 15 is 0 Å². The first-order valence-corrected chi connectivity index (χ1v) is 6.93.